The molecule has 0 aliphatic carbocycles. The van der Waals surface area contributed by atoms with Crippen LogP contribution in [0.1, 0.15) is 27.2 Å². The molecule has 1 saturated heterocycles. The third-order valence-corrected chi connectivity index (χ3v) is 2.27. The molecule has 1 aliphatic heterocycles. The Morgan fingerprint density at radius 3 is 2.71 bits per heavy atom. The lowest BCUT2D eigenvalue weighted by Gasteiger charge is -2.28. The molecule has 3 heteroatoms. The second kappa shape index (κ2) is 4.13. The van der Waals surface area contributed by atoms with Crippen molar-refractivity contribution in [2.24, 2.45) is 5.41 Å². The average molecular weight is 197 g/mol. The molecular formula is C11H19NO2. The summed E-state index contributed by atoms with van der Waals surface area (Å²) < 4.78 is 5.37. The molecule has 3 nitrogen and oxygen atoms in total. The number of esters is 1. The fraction of sp³-hybridized carbons (Fsp3) is 0.727. The van der Waals surface area contributed by atoms with Crippen molar-refractivity contribution in [3.8, 4) is 0 Å². The van der Waals surface area contributed by atoms with Gasteiger partial charge in [0.15, 0.2) is 0 Å². The molecule has 1 heterocycles. The van der Waals surface area contributed by atoms with Gasteiger partial charge in [-0.25, -0.2) is 0 Å². The van der Waals surface area contributed by atoms with E-state index in [2.05, 4.69) is 11.9 Å². The molecule has 80 valence electrons. The number of ether oxygens (including phenoxy) is 1. The van der Waals surface area contributed by atoms with Crippen molar-refractivity contribution in [3.63, 3.8) is 0 Å². The van der Waals surface area contributed by atoms with Crippen molar-refractivity contribution in [1.29, 1.82) is 0 Å². The molecule has 1 rings (SSSR count). The summed E-state index contributed by atoms with van der Waals surface area (Å²) in [6.45, 7) is 11.1. The smallest absolute Gasteiger partial charge is 0.311 e. The zero-order chi connectivity index (χ0) is 10.8. The summed E-state index contributed by atoms with van der Waals surface area (Å²) >= 11 is 0. The van der Waals surface area contributed by atoms with E-state index < -0.39 is 5.41 Å². The number of piperidine rings is 1. The third-order valence-electron chi connectivity index (χ3n) is 2.27. The van der Waals surface area contributed by atoms with E-state index in [0.717, 1.165) is 18.5 Å². The maximum atomic E-state index is 11.6. The van der Waals surface area contributed by atoms with Crippen LogP contribution in [0.4, 0.5) is 0 Å². The predicted octanol–water partition coefficient (Wildman–Crippen LogP) is 1.49. The van der Waals surface area contributed by atoms with Crippen LogP contribution in [0.2, 0.25) is 0 Å². The largest absolute Gasteiger partial charge is 0.456 e. The lowest BCUT2D eigenvalue weighted by Crippen LogP contribution is -2.40. The molecule has 0 aromatic carbocycles. The Labute approximate surface area is 85.5 Å². The molecule has 0 aromatic heterocycles. The molecule has 1 N–H and O–H groups in total. The summed E-state index contributed by atoms with van der Waals surface area (Å²) in [5.74, 6) is -0.160. The number of rotatable bonds is 1. The summed E-state index contributed by atoms with van der Waals surface area (Å²) in [4.78, 5) is 11.6. The van der Waals surface area contributed by atoms with Gasteiger partial charge in [-0.2, -0.15) is 0 Å². The summed E-state index contributed by atoms with van der Waals surface area (Å²) in [5.41, 5.74) is 0.582. The van der Waals surface area contributed by atoms with Crippen LogP contribution in [-0.2, 0) is 9.53 Å². The Kier molecular flexibility index (Phi) is 3.32. The van der Waals surface area contributed by atoms with Crippen LogP contribution >= 0.6 is 0 Å². The van der Waals surface area contributed by atoms with Crippen LogP contribution in [0, 0.1) is 5.41 Å². The Bertz CT molecular complexity index is 240. The van der Waals surface area contributed by atoms with Gasteiger partial charge in [0.2, 0.25) is 0 Å². The van der Waals surface area contributed by atoms with Crippen molar-refractivity contribution in [3.05, 3.63) is 12.2 Å². The first-order chi connectivity index (χ1) is 6.41. The summed E-state index contributed by atoms with van der Waals surface area (Å²) in [5, 5.41) is 3.18. The van der Waals surface area contributed by atoms with Gasteiger partial charge in [0.1, 0.15) is 6.10 Å². The number of hydrogen-bond donors (Lipinski definition) is 1. The van der Waals surface area contributed by atoms with Crippen LogP contribution in [0.5, 0.6) is 0 Å². The molecule has 0 spiro atoms. The minimum atomic E-state index is -0.433. The summed E-state index contributed by atoms with van der Waals surface area (Å²) in [7, 11) is 0. The van der Waals surface area contributed by atoms with Gasteiger partial charge in [-0.1, -0.05) is 6.58 Å². The molecule has 1 unspecified atom stereocenters. The molecule has 0 amide bonds. The quantitative estimate of drug-likeness (QED) is 0.511. The van der Waals surface area contributed by atoms with E-state index in [9.17, 15) is 4.79 Å². The van der Waals surface area contributed by atoms with Gasteiger partial charge < -0.3 is 10.1 Å². The van der Waals surface area contributed by atoms with E-state index >= 15 is 0 Å². The molecule has 0 bridgehead atoms. The summed E-state index contributed by atoms with van der Waals surface area (Å²) in [6, 6.07) is 0. The van der Waals surface area contributed by atoms with Gasteiger partial charge in [-0.05, 0) is 39.3 Å². The van der Waals surface area contributed by atoms with Crippen LogP contribution in [0.25, 0.3) is 0 Å². The highest BCUT2D eigenvalue weighted by Crippen LogP contribution is 2.20. The number of carbonyl (C=O) groups is 1. The Hall–Kier alpha value is -0.830. The predicted molar refractivity (Wildman–Crippen MR) is 56.0 cm³/mol. The topological polar surface area (TPSA) is 38.3 Å². The first-order valence-electron chi connectivity index (χ1n) is 5.01. The monoisotopic (exact) mass is 197 g/mol. The second-order valence-corrected chi connectivity index (χ2v) is 4.76. The summed E-state index contributed by atoms with van der Waals surface area (Å²) in [6.07, 6.45) is 0.748. The lowest BCUT2D eigenvalue weighted by atomic mass is 9.96. The molecular weight excluding hydrogens is 178 g/mol. The van der Waals surface area contributed by atoms with Gasteiger partial charge in [-0.3, -0.25) is 4.79 Å². The zero-order valence-corrected chi connectivity index (χ0v) is 9.22. The van der Waals surface area contributed by atoms with Crippen LogP contribution < -0.4 is 5.32 Å². The molecule has 1 aliphatic rings. The number of nitrogens with one attached hydrogen (secondary N) is 1. The molecule has 1 atom stereocenters. The molecule has 0 saturated carbocycles. The van der Waals surface area contributed by atoms with Crippen LogP contribution in [-0.4, -0.2) is 25.2 Å². The first-order valence-corrected chi connectivity index (χ1v) is 5.01. The van der Waals surface area contributed by atoms with E-state index in [1.807, 2.05) is 20.8 Å². The fourth-order valence-corrected chi connectivity index (χ4v) is 1.22. The minimum Gasteiger partial charge on any atom is -0.456 e. The van der Waals surface area contributed by atoms with E-state index in [4.69, 9.17) is 4.74 Å². The van der Waals surface area contributed by atoms with E-state index in [-0.39, 0.29) is 12.1 Å². The van der Waals surface area contributed by atoms with Crippen molar-refractivity contribution in [2.45, 2.75) is 33.3 Å². The van der Waals surface area contributed by atoms with Crippen LogP contribution in [0.15, 0.2) is 12.2 Å². The van der Waals surface area contributed by atoms with Gasteiger partial charge in [0.25, 0.3) is 0 Å². The van der Waals surface area contributed by atoms with Crippen molar-refractivity contribution in [2.75, 3.05) is 13.1 Å². The van der Waals surface area contributed by atoms with Gasteiger partial charge in [0, 0.05) is 6.54 Å². The lowest BCUT2D eigenvalue weighted by molar-refractivity contribution is -0.157. The average Bonchev–Trinajstić information content (AvgIpc) is 2.07. The second-order valence-electron chi connectivity index (χ2n) is 4.76. The Balaban J connectivity index is 2.51. The van der Waals surface area contributed by atoms with Crippen molar-refractivity contribution < 1.29 is 9.53 Å². The first kappa shape index (κ1) is 11.2. The van der Waals surface area contributed by atoms with Gasteiger partial charge >= 0.3 is 5.97 Å². The van der Waals surface area contributed by atoms with Crippen molar-refractivity contribution >= 4 is 5.97 Å². The van der Waals surface area contributed by atoms with Crippen molar-refractivity contribution in [1.82, 2.24) is 5.32 Å². The maximum Gasteiger partial charge on any atom is 0.311 e. The van der Waals surface area contributed by atoms with Gasteiger partial charge in [-0.15, -0.1) is 0 Å². The highest BCUT2D eigenvalue weighted by Gasteiger charge is 2.28. The molecule has 1 fully saturated rings. The van der Waals surface area contributed by atoms with E-state index in [1.54, 1.807) is 0 Å². The standard InChI is InChI=1S/C11H19NO2/c1-8-5-6-12-7-9(8)14-10(13)11(2,3)4/h9,12H,1,5-7H2,2-4H3. The third kappa shape index (κ3) is 2.84. The Morgan fingerprint density at radius 2 is 2.21 bits per heavy atom. The highest BCUT2D eigenvalue weighted by molar-refractivity contribution is 5.75. The Morgan fingerprint density at radius 1 is 1.57 bits per heavy atom. The molecule has 0 aromatic rings. The van der Waals surface area contributed by atoms with E-state index in [0.29, 0.717) is 6.54 Å². The SMILES string of the molecule is C=C1CCNCC1OC(=O)C(C)(C)C. The van der Waals surface area contributed by atoms with Crippen LogP contribution in [0.3, 0.4) is 0 Å². The molecule has 14 heavy (non-hydrogen) atoms. The fourth-order valence-electron chi connectivity index (χ4n) is 1.22. The minimum absolute atomic E-state index is 0.143. The molecule has 0 radical (unpaired) electrons. The number of hydrogen-bond acceptors (Lipinski definition) is 3. The normalized spacial score (nSPS) is 23.4. The van der Waals surface area contributed by atoms with Gasteiger partial charge in [0.05, 0.1) is 5.41 Å². The number of carbonyl (C=O) groups excluding carboxylic acids is 1. The maximum absolute atomic E-state index is 11.6. The highest BCUT2D eigenvalue weighted by atomic mass is 16.5. The van der Waals surface area contributed by atoms with E-state index in [1.165, 1.54) is 0 Å². The zero-order valence-electron chi connectivity index (χ0n) is 9.22.